The summed E-state index contributed by atoms with van der Waals surface area (Å²) in [6.45, 7) is 0.998. The predicted molar refractivity (Wildman–Crippen MR) is 89.3 cm³/mol. The smallest absolute Gasteiger partial charge is 0.252 e. The van der Waals surface area contributed by atoms with Crippen LogP contribution in [0.2, 0.25) is 0 Å². The van der Waals surface area contributed by atoms with Gasteiger partial charge in [0.25, 0.3) is 10.0 Å². The maximum Gasteiger partial charge on any atom is 0.252 e. The molecule has 0 bridgehead atoms. The maximum atomic E-state index is 12.5. The van der Waals surface area contributed by atoms with Crippen molar-refractivity contribution in [2.75, 3.05) is 13.1 Å². The molecule has 1 aromatic heterocycles. The first kappa shape index (κ1) is 16.4. The number of sulfonamides is 1. The van der Waals surface area contributed by atoms with E-state index in [1.807, 2.05) is 0 Å². The number of amides is 1. The van der Waals surface area contributed by atoms with Crippen molar-refractivity contribution >= 4 is 43.2 Å². The van der Waals surface area contributed by atoms with E-state index in [9.17, 15) is 13.2 Å². The third-order valence-electron chi connectivity index (χ3n) is 4.13. The molecule has 0 spiro atoms. The van der Waals surface area contributed by atoms with Gasteiger partial charge in [-0.1, -0.05) is 0 Å². The van der Waals surface area contributed by atoms with Gasteiger partial charge in [-0.25, -0.2) is 8.42 Å². The summed E-state index contributed by atoms with van der Waals surface area (Å²) in [6.07, 6.45) is 4.22. The SMILES string of the molecule is O=C(CC1CCN(S(=O)(=O)c2ccc(Br)s2)CC1)NC1CC1. The van der Waals surface area contributed by atoms with Gasteiger partial charge in [0.2, 0.25) is 5.91 Å². The molecule has 122 valence electrons. The molecule has 0 atom stereocenters. The first-order valence-corrected chi connectivity index (χ1v) is 10.5. The minimum Gasteiger partial charge on any atom is -0.353 e. The average Bonchev–Trinajstić information content (AvgIpc) is 3.16. The molecule has 3 rings (SSSR count). The Labute approximate surface area is 143 Å². The van der Waals surface area contributed by atoms with Gasteiger partial charge in [-0.05, 0) is 59.7 Å². The lowest BCUT2D eigenvalue weighted by atomic mass is 9.94. The number of carbonyl (C=O) groups is 1. The molecule has 22 heavy (non-hydrogen) atoms. The normalized spacial score (nSPS) is 21.0. The van der Waals surface area contributed by atoms with Crippen LogP contribution >= 0.6 is 27.3 Å². The standard InChI is InChI=1S/C14H19BrN2O3S2/c15-12-3-4-14(21-12)22(19,20)17-7-5-10(6-8-17)9-13(18)16-11-1-2-11/h3-4,10-11H,1-2,5-9H2,(H,16,18). The zero-order chi connectivity index (χ0) is 15.7. The number of hydrogen-bond acceptors (Lipinski definition) is 4. The van der Waals surface area contributed by atoms with E-state index in [1.54, 1.807) is 16.4 Å². The summed E-state index contributed by atoms with van der Waals surface area (Å²) in [7, 11) is -3.38. The van der Waals surface area contributed by atoms with E-state index in [2.05, 4.69) is 21.2 Å². The summed E-state index contributed by atoms with van der Waals surface area (Å²) in [6, 6.07) is 3.79. The summed E-state index contributed by atoms with van der Waals surface area (Å²) >= 11 is 4.54. The van der Waals surface area contributed by atoms with Gasteiger partial charge in [0.1, 0.15) is 4.21 Å². The van der Waals surface area contributed by atoms with Crippen LogP contribution in [0.1, 0.15) is 32.1 Å². The molecule has 2 fully saturated rings. The van der Waals surface area contributed by atoms with Crippen molar-refractivity contribution < 1.29 is 13.2 Å². The number of nitrogens with zero attached hydrogens (tertiary/aromatic N) is 1. The van der Waals surface area contributed by atoms with Crippen molar-refractivity contribution in [2.24, 2.45) is 5.92 Å². The maximum absolute atomic E-state index is 12.5. The van der Waals surface area contributed by atoms with Gasteiger partial charge in [-0.3, -0.25) is 4.79 Å². The topological polar surface area (TPSA) is 66.5 Å². The second kappa shape index (κ2) is 6.59. The van der Waals surface area contributed by atoms with Gasteiger partial charge in [-0.2, -0.15) is 4.31 Å². The molecule has 1 aliphatic carbocycles. The summed E-state index contributed by atoms with van der Waals surface area (Å²) in [5.41, 5.74) is 0. The van der Waals surface area contributed by atoms with Crippen molar-refractivity contribution in [1.29, 1.82) is 0 Å². The molecular weight excluding hydrogens is 388 g/mol. The van der Waals surface area contributed by atoms with E-state index in [0.29, 0.717) is 35.7 Å². The predicted octanol–water partition coefficient (Wildman–Crippen LogP) is 2.58. The lowest BCUT2D eigenvalue weighted by molar-refractivity contribution is -0.122. The Morgan fingerprint density at radius 2 is 1.95 bits per heavy atom. The van der Waals surface area contributed by atoms with Crippen LogP contribution in [0.3, 0.4) is 0 Å². The van der Waals surface area contributed by atoms with Crippen LogP contribution in [0.25, 0.3) is 0 Å². The van der Waals surface area contributed by atoms with Crippen LogP contribution < -0.4 is 5.32 Å². The number of hydrogen-bond donors (Lipinski definition) is 1. The van der Waals surface area contributed by atoms with Crippen molar-refractivity contribution in [2.45, 2.75) is 42.4 Å². The molecule has 1 aliphatic heterocycles. The van der Waals surface area contributed by atoms with Gasteiger partial charge in [0, 0.05) is 25.6 Å². The van der Waals surface area contributed by atoms with Crippen LogP contribution in [0.5, 0.6) is 0 Å². The van der Waals surface area contributed by atoms with Crippen LogP contribution in [-0.2, 0) is 14.8 Å². The number of carbonyl (C=O) groups excluding carboxylic acids is 1. The van der Waals surface area contributed by atoms with Gasteiger partial charge < -0.3 is 5.32 Å². The highest BCUT2D eigenvalue weighted by atomic mass is 79.9. The molecule has 0 radical (unpaired) electrons. The van der Waals surface area contributed by atoms with Gasteiger partial charge in [-0.15, -0.1) is 11.3 Å². The van der Waals surface area contributed by atoms with E-state index in [1.165, 1.54) is 11.3 Å². The zero-order valence-electron chi connectivity index (χ0n) is 12.1. The molecule has 5 nitrogen and oxygen atoms in total. The largest absolute Gasteiger partial charge is 0.353 e. The molecule has 8 heteroatoms. The number of piperidine rings is 1. The highest BCUT2D eigenvalue weighted by Gasteiger charge is 2.32. The quantitative estimate of drug-likeness (QED) is 0.816. The Kier molecular flexibility index (Phi) is 4.92. The van der Waals surface area contributed by atoms with Gasteiger partial charge in [0.15, 0.2) is 0 Å². The monoisotopic (exact) mass is 406 g/mol. The van der Waals surface area contributed by atoms with E-state index in [-0.39, 0.29) is 5.91 Å². The first-order chi connectivity index (χ1) is 10.4. The van der Waals surface area contributed by atoms with E-state index >= 15 is 0 Å². The lowest BCUT2D eigenvalue weighted by Gasteiger charge is -2.30. The van der Waals surface area contributed by atoms with E-state index in [4.69, 9.17) is 0 Å². The zero-order valence-corrected chi connectivity index (χ0v) is 15.3. The molecule has 1 saturated carbocycles. The van der Waals surface area contributed by atoms with Crippen molar-refractivity contribution in [1.82, 2.24) is 9.62 Å². The lowest BCUT2D eigenvalue weighted by Crippen LogP contribution is -2.39. The Balaban J connectivity index is 1.53. The third-order valence-corrected chi connectivity index (χ3v) is 8.12. The molecule has 2 heterocycles. The Morgan fingerprint density at radius 1 is 1.27 bits per heavy atom. The van der Waals surface area contributed by atoms with Crippen molar-refractivity contribution in [3.8, 4) is 0 Å². The molecule has 2 aliphatic rings. The highest BCUT2D eigenvalue weighted by Crippen LogP contribution is 2.31. The summed E-state index contributed by atoms with van der Waals surface area (Å²) in [4.78, 5) is 11.8. The molecule has 1 aromatic rings. The van der Waals surface area contributed by atoms with Gasteiger partial charge >= 0.3 is 0 Å². The number of halogens is 1. The van der Waals surface area contributed by atoms with Gasteiger partial charge in [0.05, 0.1) is 3.79 Å². The second-order valence-electron chi connectivity index (χ2n) is 5.95. The number of nitrogens with one attached hydrogen (secondary N) is 1. The fourth-order valence-electron chi connectivity index (χ4n) is 2.69. The Hall–Kier alpha value is -0.440. The summed E-state index contributed by atoms with van der Waals surface area (Å²) < 4.78 is 27.8. The van der Waals surface area contributed by atoms with Crippen LogP contribution in [0.4, 0.5) is 0 Å². The second-order valence-corrected chi connectivity index (χ2v) is 10.6. The van der Waals surface area contributed by atoms with Crippen LogP contribution in [-0.4, -0.2) is 37.8 Å². The van der Waals surface area contributed by atoms with Crippen molar-refractivity contribution in [3.63, 3.8) is 0 Å². The molecular formula is C14H19BrN2O3S2. The van der Waals surface area contributed by atoms with E-state index < -0.39 is 10.0 Å². The molecule has 1 saturated heterocycles. The molecule has 1 N–H and O–H groups in total. The van der Waals surface area contributed by atoms with Crippen molar-refractivity contribution in [3.05, 3.63) is 15.9 Å². The average molecular weight is 407 g/mol. The fourth-order valence-corrected chi connectivity index (χ4v) is 6.33. The highest BCUT2D eigenvalue weighted by molar-refractivity contribution is 9.11. The molecule has 0 unspecified atom stereocenters. The van der Waals surface area contributed by atoms with E-state index in [0.717, 1.165) is 29.5 Å². The van der Waals surface area contributed by atoms with Crippen LogP contribution in [0.15, 0.2) is 20.1 Å². The Morgan fingerprint density at radius 3 is 2.50 bits per heavy atom. The Bertz CT molecular complexity index is 647. The summed E-state index contributed by atoms with van der Waals surface area (Å²) in [5, 5.41) is 3.00. The fraction of sp³-hybridized carbons (Fsp3) is 0.643. The number of rotatable bonds is 5. The third kappa shape index (κ3) is 3.90. The number of thiophene rings is 1. The van der Waals surface area contributed by atoms with Crippen LogP contribution in [0, 0.1) is 5.92 Å². The minimum absolute atomic E-state index is 0.117. The molecule has 1 amide bonds. The minimum atomic E-state index is -3.38. The molecule has 0 aromatic carbocycles. The first-order valence-electron chi connectivity index (χ1n) is 7.50. The summed E-state index contributed by atoms with van der Waals surface area (Å²) in [5.74, 6) is 0.409.